The Labute approximate surface area is 112 Å². The predicted molar refractivity (Wildman–Crippen MR) is 72.4 cm³/mol. The molecule has 0 aliphatic carbocycles. The van der Waals surface area contributed by atoms with Gasteiger partial charge in [-0.15, -0.1) is 0 Å². The molecule has 4 heteroatoms. The zero-order chi connectivity index (χ0) is 12.0. The van der Waals surface area contributed by atoms with Gasteiger partial charge < -0.3 is 4.74 Å². The summed E-state index contributed by atoms with van der Waals surface area (Å²) in [6.45, 7) is 4.21. The molecule has 3 rings (SSSR count). The van der Waals surface area contributed by atoms with Crippen LogP contribution in [0.5, 0.6) is 0 Å². The van der Waals surface area contributed by atoms with Crippen LogP contribution in [0.4, 0.5) is 0 Å². The monoisotopic (exact) mass is 267 g/mol. The van der Waals surface area contributed by atoms with E-state index in [2.05, 4.69) is 17.9 Å². The minimum Gasteiger partial charge on any atom is -0.457 e. The quantitative estimate of drug-likeness (QED) is 0.725. The topological polar surface area (TPSA) is 12.5 Å². The first-order valence-corrected chi connectivity index (χ1v) is 6.74. The first kappa shape index (κ1) is 11.5. The minimum atomic E-state index is -0.314. The molecule has 0 aromatic heterocycles. The third-order valence-electron chi connectivity index (χ3n) is 3.72. The molecule has 1 fully saturated rings. The fourth-order valence-corrected chi connectivity index (χ4v) is 3.45. The van der Waals surface area contributed by atoms with Gasteiger partial charge in [0, 0.05) is 29.1 Å². The van der Waals surface area contributed by atoms with E-state index in [4.69, 9.17) is 28.6 Å². The number of hydrogen-bond acceptors (Lipinski definition) is 3. The molecule has 0 radical (unpaired) electrons. The highest BCUT2D eigenvalue weighted by atomic mass is 35.5. The number of halogens is 1. The van der Waals surface area contributed by atoms with Crippen LogP contribution in [0.3, 0.4) is 0 Å². The van der Waals surface area contributed by atoms with Crippen molar-refractivity contribution < 1.29 is 4.74 Å². The van der Waals surface area contributed by atoms with Crippen molar-refractivity contribution in [3.63, 3.8) is 0 Å². The van der Waals surface area contributed by atoms with Crippen molar-refractivity contribution in [2.45, 2.75) is 25.5 Å². The number of hydrogen-bond donors (Lipinski definition) is 0. The van der Waals surface area contributed by atoms with Crippen LogP contribution in [0.25, 0.3) is 0 Å². The zero-order valence-electron chi connectivity index (χ0n) is 9.70. The van der Waals surface area contributed by atoms with E-state index in [1.807, 2.05) is 12.1 Å². The van der Waals surface area contributed by atoms with Gasteiger partial charge in [-0.2, -0.15) is 0 Å². The maximum atomic E-state index is 6.04. The van der Waals surface area contributed by atoms with Crippen LogP contribution in [0.2, 0.25) is 5.02 Å². The fraction of sp³-hybridized carbons (Fsp3) is 0.462. The summed E-state index contributed by atoms with van der Waals surface area (Å²) >= 11 is 11.4. The van der Waals surface area contributed by atoms with Gasteiger partial charge in [0.25, 0.3) is 0 Å². The molecule has 1 aromatic rings. The van der Waals surface area contributed by atoms with Crippen molar-refractivity contribution in [3.8, 4) is 0 Å². The third-order valence-corrected chi connectivity index (χ3v) is 4.26. The number of nitrogens with zero attached hydrogens (tertiary/aromatic N) is 1. The molecule has 2 nitrogen and oxygen atoms in total. The summed E-state index contributed by atoms with van der Waals surface area (Å²) in [5.74, 6) is 0. The number of ether oxygens (including phenoxy) is 1. The lowest BCUT2D eigenvalue weighted by atomic mass is 9.98. The zero-order valence-corrected chi connectivity index (χ0v) is 11.3. The molecule has 2 heterocycles. The van der Waals surface area contributed by atoms with Crippen molar-refractivity contribution >= 4 is 28.9 Å². The normalized spacial score (nSPS) is 27.5. The Hall–Kier alpha value is -0.640. The molecule has 0 saturated carbocycles. The number of benzene rings is 1. The molecule has 1 spiro atoms. The van der Waals surface area contributed by atoms with E-state index in [0.29, 0.717) is 10.1 Å². The van der Waals surface area contributed by atoms with Crippen LogP contribution < -0.4 is 0 Å². The first-order valence-electron chi connectivity index (χ1n) is 5.96. The summed E-state index contributed by atoms with van der Waals surface area (Å²) in [7, 11) is 0. The van der Waals surface area contributed by atoms with Gasteiger partial charge in [0.1, 0.15) is 0 Å². The molecule has 0 bridgehead atoms. The van der Waals surface area contributed by atoms with E-state index in [-0.39, 0.29) is 5.72 Å². The largest absolute Gasteiger partial charge is 0.457 e. The summed E-state index contributed by atoms with van der Waals surface area (Å²) in [4.78, 5) is 2.36. The number of rotatable bonds is 1. The average Bonchev–Trinajstić information content (AvgIpc) is 2.83. The van der Waals surface area contributed by atoms with Crippen LogP contribution in [0, 0.1) is 0 Å². The smallest absolute Gasteiger partial charge is 0.194 e. The van der Waals surface area contributed by atoms with Crippen molar-refractivity contribution in [3.05, 3.63) is 34.3 Å². The average molecular weight is 268 g/mol. The van der Waals surface area contributed by atoms with Crippen molar-refractivity contribution in [1.82, 2.24) is 4.90 Å². The van der Waals surface area contributed by atoms with Crippen LogP contribution in [0.15, 0.2) is 18.2 Å². The van der Waals surface area contributed by atoms with Crippen molar-refractivity contribution in [1.29, 1.82) is 0 Å². The lowest BCUT2D eigenvalue weighted by molar-refractivity contribution is -0.0581. The second kappa shape index (κ2) is 3.94. The Bertz CT molecular complexity index is 490. The summed E-state index contributed by atoms with van der Waals surface area (Å²) in [5, 5.41) is 1.30. The molecular formula is C13H14ClNOS. The minimum absolute atomic E-state index is 0.314. The first-order chi connectivity index (χ1) is 8.17. The van der Waals surface area contributed by atoms with Gasteiger partial charge in [0.2, 0.25) is 0 Å². The molecule has 1 unspecified atom stereocenters. The Morgan fingerprint density at radius 2 is 2.35 bits per heavy atom. The SMILES string of the molecule is CCN1CCCC12OC(=S)c1cc(Cl)ccc12. The molecule has 1 saturated heterocycles. The molecule has 0 amide bonds. The van der Waals surface area contributed by atoms with Crippen molar-refractivity contribution in [2.24, 2.45) is 0 Å². The van der Waals surface area contributed by atoms with Crippen LogP contribution in [0.1, 0.15) is 30.9 Å². The molecule has 90 valence electrons. The Morgan fingerprint density at radius 3 is 3.12 bits per heavy atom. The van der Waals surface area contributed by atoms with E-state index >= 15 is 0 Å². The van der Waals surface area contributed by atoms with Gasteiger partial charge in [-0.25, -0.2) is 0 Å². The molecule has 2 aliphatic rings. The van der Waals surface area contributed by atoms with Gasteiger partial charge in [0.15, 0.2) is 10.8 Å². The highest BCUT2D eigenvalue weighted by Crippen LogP contribution is 2.47. The summed E-state index contributed by atoms with van der Waals surface area (Å²) in [5.41, 5.74) is 1.87. The van der Waals surface area contributed by atoms with Crippen LogP contribution in [-0.4, -0.2) is 23.0 Å². The van der Waals surface area contributed by atoms with E-state index in [0.717, 1.165) is 31.5 Å². The van der Waals surface area contributed by atoms with Crippen LogP contribution in [-0.2, 0) is 10.5 Å². The molecule has 1 aromatic carbocycles. The lowest BCUT2D eigenvalue weighted by Crippen LogP contribution is -2.41. The predicted octanol–water partition coefficient (Wildman–Crippen LogP) is 3.31. The maximum absolute atomic E-state index is 6.04. The molecule has 2 aliphatic heterocycles. The summed E-state index contributed by atoms with van der Waals surface area (Å²) in [6.07, 6.45) is 2.16. The van der Waals surface area contributed by atoms with E-state index in [1.165, 1.54) is 5.56 Å². The maximum Gasteiger partial charge on any atom is 0.194 e. The second-order valence-electron chi connectivity index (χ2n) is 4.55. The summed E-state index contributed by atoms with van der Waals surface area (Å²) in [6, 6.07) is 5.90. The van der Waals surface area contributed by atoms with E-state index in [9.17, 15) is 0 Å². The fourth-order valence-electron chi connectivity index (χ4n) is 2.97. The molecule has 1 atom stereocenters. The van der Waals surface area contributed by atoms with Gasteiger partial charge in [-0.3, -0.25) is 4.90 Å². The Morgan fingerprint density at radius 1 is 1.53 bits per heavy atom. The highest BCUT2D eigenvalue weighted by molar-refractivity contribution is 7.80. The lowest BCUT2D eigenvalue weighted by Gasteiger charge is -2.33. The van der Waals surface area contributed by atoms with Gasteiger partial charge >= 0.3 is 0 Å². The Kier molecular flexibility index (Phi) is 2.65. The Balaban J connectivity index is 2.15. The molecular weight excluding hydrogens is 254 g/mol. The third kappa shape index (κ3) is 1.53. The number of thiocarbonyl (C=S) groups is 1. The second-order valence-corrected chi connectivity index (χ2v) is 5.35. The van der Waals surface area contributed by atoms with Gasteiger partial charge in [0.05, 0.1) is 0 Å². The summed E-state index contributed by atoms with van der Waals surface area (Å²) < 4.78 is 6.04. The number of fused-ring (bicyclic) bond motifs is 2. The molecule has 0 N–H and O–H groups in total. The molecule has 17 heavy (non-hydrogen) atoms. The number of likely N-dealkylation sites (tertiary alicyclic amines) is 1. The standard InChI is InChI=1S/C13H14ClNOS/c1-2-15-7-3-6-13(15)11-5-4-9(14)8-10(11)12(17)16-13/h4-5,8H,2-3,6-7H2,1H3. The highest BCUT2D eigenvalue weighted by Gasteiger charge is 2.50. The van der Waals surface area contributed by atoms with E-state index in [1.54, 1.807) is 0 Å². The van der Waals surface area contributed by atoms with E-state index < -0.39 is 0 Å². The van der Waals surface area contributed by atoms with Gasteiger partial charge in [-0.05, 0) is 37.3 Å². The van der Waals surface area contributed by atoms with Crippen molar-refractivity contribution in [2.75, 3.05) is 13.1 Å². The van der Waals surface area contributed by atoms with Crippen LogP contribution >= 0.6 is 23.8 Å². The van der Waals surface area contributed by atoms with Gasteiger partial charge in [-0.1, -0.05) is 24.6 Å².